The van der Waals surface area contributed by atoms with Gasteiger partial charge in [0.2, 0.25) is 6.79 Å². The second-order valence-electron chi connectivity index (χ2n) is 4.51. The van der Waals surface area contributed by atoms with E-state index in [4.69, 9.17) is 9.47 Å². The number of ether oxygens (including phenoxy) is 2. The first-order valence-electron chi connectivity index (χ1n) is 6.03. The Kier molecular flexibility index (Phi) is 2.03. The molecule has 0 bridgehead atoms. The summed E-state index contributed by atoms with van der Waals surface area (Å²) in [4.78, 5) is 4.52. The molecule has 0 N–H and O–H groups in total. The van der Waals surface area contributed by atoms with E-state index < -0.39 is 0 Å². The van der Waals surface area contributed by atoms with Crippen LogP contribution in [0.25, 0.3) is 17.0 Å². The summed E-state index contributed by atoms with van der Waals surface area (Å²) in [7, 11) is 0. The summed E-state index contributed by atoms with van der Waals surface area (Å²) in [6, 6.07) is 9.74. The Hall–Kier alpha value is -2.56. The van der Waals surface area contributed by atoms with Crippen molar-refractivity contribution < 1.29 is 9.47 Å². The number of hydrogen-bond acceptors (Lipinski definition) is 4. The van der Waals surface area contributed by atoms with Crippen LogP contribution in [0.1, 0.15) is 5.56 Å². The molecule has 0 radical (unpaired) electrons. The first-order chi connectivity index (χ1) is 9.29. The summed E-state index contributed by atoms with van der Waals surface area (Å²) < 4.78 is 12.4. The second-order valence-corrected chi connectivity index (χ2v) is 4.51. The van der Waals surface area contributed by atoms with E-state index in [1.165, 1.54) is 0 Å². The highest BCUT2D eigenvalue weighted by molar-refractivity contribution is 5.63. The van der Waals surface area contributed by atoms with Gasteiger partial charge < -0.3 is 9.47 Å². The molecule has 2 aromatic heterocycles. The molecule has 1 aliphatic heterocycles. The molecule has 4 rings (SSSR count). The number of benzene rings is 1. The molecule has 94 valence electrons. The molecule has 0 aliphatic carbocycles. The lowest BCUT2D eigenvalue weighted by atomic mass is 10.2. The summed E-state index contributed by atoms with van der Waals surface area (Å²) >= 11 is 0. The zero-order valence-corrected chi connectivity index (χ0v) is 10.3. The van der Waals surface area contributed by atoms with Gasteiger partial charge in [0.15, 0.2) is 23.0 Å². The molecule has 1 aliphatic rings. The normalized spacial score (nSPS) is 13.1. The Labute approximate surface area is 109 Å². The van der Waals surface area contributed by atoms with Gasteiger partial charge in [0, 0.05) is 11.8 Å². The van der Waals surface area contributed by atoms with E-state index in [1.54, 1.807) is 4.52 Å². The highest BCUT2D eigenvalue weighted by Gasteiger charge is 2.15. The average Bonchev–Trinajstić information content (AvgIpc) is 3.02. The average molecular weight is 253 g/mol. The standard InChI is InChI=1S/C14H11N3O2/c1-9-4-5-17-13(6-9)15-14(16-17)10-2-3-11-12(7-10)19-8-18-11/h2-7H,8H2,1H3. The van der Waals surface area contributed by atoms with Gasteiger partial charge in [-0.3, -0.25) is 0 Å². The predicted octanol–water partition coefficient (Wildman–Crippen LogP) is 2.43. The van der Waals surface area contributed by atoms with Crippen molar-refractivity contribution in [3.63, 3.8) is 0 Å². The van der Waals surface area contributed by atoms with Crippen LogP contribution < -0.4 is 9.47 Å². The molecule has 0 fully saturated rings. The summed E-state index contributed by atoms with van der Waals surface area (Å²) in [5.74, 6) is 2.19. The number of hydrogen-bond donors (Lipinski definition) is 0. The molecule has 3 heterocycles. The molecule has 1 aromatic carbocycles. The zero-order valence-electron chi connectivity index (χ0n) is 10.3. The maximum atomic E-state index is 5.37. The number of rotatable bonds is 1. The number of nitrogens with zero attached hydrogens (tertiary/aromatic N) is 3. The van der Waals surface area contributed by atoms with Crippen LogP contribution in [-0.2, 0) is 0 Å². The molecule has 3 aromatic rings. The lowest BCUT2D eigenvalue weighted by molar-refractivity contribution is 0.174. The first-order valence-corrected chi connectivity index (χ1v) is 6.03. The summed E-state index contributed by atoms with van der Waals surface area (Å²) in [6.45, 7) is 2.31. The van der Waals surface area contributed by atoms with Crippen molar-refractivity contribution in [1.82, 2.24) is 14.6 Å². The van der Waals surface area contributed by atoms with Crippen molar-refractivity contribution in [2.24, 2.45) is 0 Å². The van der Waals surface area contributed by atoms with Crippen LogP contribution in [0.15, 0.2) is 36.5 Å². The van der Waals surface area contributed by atoms with Crippen LogP contribution in [0.4, 0.5) is 0 Å². The molecular weight excluding hydrogens is 242 g/mol. The van der Waals surface area contributed by atoms with Gasteiger partial charge in [-0.25, -0.2) is 9.50 Å². The predicted molar refractivity (Wildman–Crippen MR) is 69.3 cm³/mol. The number of aryl methyl sites for hydroxylation is 1. The molecular formula is C14H11N3O2. The number of fused-ring (bicyclic) bond motifs is 2. The summed E-state index contributed by atoms with van der Waals surface area (Å²) in [6.07, 6.45) is 1.91. The van der Waals surface area contributed by atoms with Crippen LogP contribution in [0.2, 0.25) is 0 Å². The van der Waals surface area contributed by atoms with Crippen LogP contribution in [0.5, 0.6) is 11.5 Å². The fourth-order valence-electron chi connectivity index (χ4n) is 2.14. The fourth-order valence-corrected chi connectivity index (χ4v) is 2.14. The molecule has 19 heavy (non-hydrogen) atoms. The first kappa shape index (κ1) is 10.4. The van der Waals surface area contributed by atoms with E-state index in [0.29, 0.717) is 5.82 Å². The third kappa shape index (κ3) is 1.62. The van der Waals surface area contributed by atoms with Gasteiger partial charge in [-0.1, -0.05) is 0 Å². The minimum absolute atomic E-state index is 0.274. The van der Waals surface area contributed by atoms with Gasteiger partial charge in [0.25, 0.3) is 0 Å². The molecule has 0 unspecified atom stereocenters. The molecule has 0 atom stereocenters. The largest absolute Gasteiger partial charge is 0.454 e. The molecule has 5 nitrogen and oxygen atoms in total. The van der Waals surface area contributed by atoms with Crippen LogP contribution >= 0.6 is 0 Å². The highest BCUT2D eigenvalue weighted by Crippen LogP contribution is 2.35. The fraction of sp³-hybridized carbons (Fsp3) is 0.143. The minimum atomic E-state index is 0.274. The third-order valence-electron chi connectivity index (χ3n) is 3.12. The smallest absolute Gasteiger partial charge is 0.231 e. The summed E-state index contributed by atoms with van der Waals surface area (Å²) in [5.41, 5.74) is 2.93. The van der Waals surface area contributed by atoms with Crippen molar-refractivity contribution in [2.45, 2.75) is 6.92 Å². The van der Waals surface area contributed by atoms with E-state index in [2.05, 4.69) is 10.1 Å². The quantitative estimate of drug-likeness (QED) is 0.668. The van der Waals surface area contributed by atoms with Crippen molar-refractivity contribution >= 4 is 5.65 Å². The van der Waals surface area contributed by atoms with Gasteiger partial charge in [0.05, 0.1) is 0 Å². The van der Waals surface area contributed by atoms with Crippen molar-refractivity contribution in [3.05, 3.63) is 42.1 Å². The van der Waals surface area contributed by atoms with Crippen LogP contribution in [-0.4, -0.2) is 21.4 Å². The van der Waals surface area contributed by atoms with Crippen LogP contribution in [0, 0.1) is 6.92 Å². The third-order valence-corrected chi connectivity index (χ3v) is 3.12. The topological polar surface area (TPSA) is 48.7 Å². The van der Waals surface area contributed by atoms with E-state index in [0.717, 1.165) is 28.3 Å². The van der Waals surface area contributed by atoms with Gasteiger partial charge in [-0.2, -0.15) is 0 Å². The Balaban J connectivity index is 1.85. The Morgan fingerprint density at radius 3 is 2.95 bits per heavy atom. The maximum absolute atomic E-state index is 5.37. The van der Waals surface area contributed by atoms with E-state index in [1.807, 2.05) is 43.5 Å². The molecule has 0 amide bonds. The van der Waals surface area contributed by atoms with Crippen molar-refractivity contribution in [3.8, 4) is 22.9 Å². The number of pyridine rings is 1. The summed E-state index contributed by atoms with van der Waals surface area (Å²) in [5, 5.41) is 4.46. The minimum Gasteiger partial charge on any atom is -0.454 e. The van der Waals surface area contributed by atoms with E-state index in [9.17, 15) is 0 Å². The SMILES string of the molecule is Cc1ccn2nc(-c3ccc4c(c3)OCO4)nc2c1. The molecule has 5 heteroatoms. The Morgan fingerprint density at radius 1 is 1.11 bits per heavy atom. The lowest BCUT2D eigenvalue weighted by Gasteiger charge is -1.97. The van der Waals surface area contributed by atoms with Gasteiger partial charge in [-0.05, 0) is 42.8 Å². The Bertz CT molecular complexity index is 779. The van der Waals surface area contributed by atoms with Crippen LogP contribution in [0.3, 0.4) is 0 Å². The number of aromatic nitrogens is 3. The highest BCUT2D eigenvalue weighted by atomic mass is 16.7. The molecule has 0 saturated heterocycles. The van der Waals surface area contributed by atoms with Crippen molar-refractivity contribution in [1.29, 1.82) is 0 Å². The van der Waals surface area contributed by atoms with Gasteiger partial charge in [0.1, 0.15) is 0 Å². The lowest BCUT2D eigenvalue weighted by Crippen LogP contribution is -1.92. The monoisotopic (exact) mass is 253 g/mol. The maximum Gasteiger partial charge on any atom is 0.231 e. The van der Waals surface area contributed by atoms with Crippen molar-refractivity contribution in [2.75, 3.05) is 6.79 Å². The van der Waals surface area contributed by atoms with Gasteiger partial charge in [-0.15, -0.1) is 5.10 Å². The van der Waals surface area contributed by atoms with E-state index in [-0.39, 0.29) is 6.79 Å². The van der Waals surface area contributed by atoms with Gasteiger partial charge >= 0.3 is 0 Å². The zero-order chi connectivity index (χ0) is 12.8. The second kappa shape index (κ2) is 3.71. The molecule has 0 saturated carbocycles. The molecule has 0 spiro atoms. The Morgan fingerprint density at radius 2 is 2.00 bits per heavy atom. The van der Waals surface area contributed by atoms with E-state index >= 15 is 0 Å².